The van der Waals surface area contributed by atoms with Crippen LogP contribution < -0.4 is 10.5 Å². The number of benzene rings is 1. The van der Waals surface area contributed by atoms with Crippen LogP contribution >= 0.6 is 0 Å². The van der Waals surface area contributed by atoms with Gasteiger partial charge in [-0.25, -0.2) is 0 Å². The second-order valence-corrected chi connectivity index (χ2v) is 4.27. The molecule has 0 spiro atoms. The van der Waals surface area contributed by atoms with E-state index in [0.29, 0.717) is 12.3 Å². The molecule has 0 radical (unpaired) electrons. The minimum Gasteiger partial charge on any atom is -0.493 e. The van der Waals surface area contributed by atoms with Crippen molar-refractivity contribution in [2.75, 3.05) is 12.3 Å². The Balaban J connectivity index is 2.18. The van der Waals surface area contributed by atoms with Crippen LogP contribution in [-0.4, -0.2) is 17.7 Å². The molecule has 86 valence electrons. The van der Waals surface area contributed by atoms with E-state index in [-0.39, 0.29) is 11.8 Å². The van der Waals surface area contributed by atoms with Gasteiger partial charge in [0.05, 0.1) is 12.5 Å². The zero-order valence-electron chi connectivity index (χ0n) is 9.14. The molecule has 1 aliphatic heterocycles. The lowest BCUT2D eigenvalue weighted by Gasteiger charge is -2.27. The zero-order valence-corrected chi connectivity index (χ0v) is 9.14. The average Bonchev–Trinajstić information content (AvgIpc) is 2.27. The Labute approximate surface area is 94.0 Å². The normalized spacial score (nSPS) is 20.7. The maximum Gasteiger partial charge on any atom is 0.306 e. The number of carboxylic acids is 1. The van der Waals surface area contributed by atoms with Crippen molar-refractivity contribution in [1.82, 2.24) is 0 Å². The molecule has 0 saturated heterocycles. The van der Waals surface area contributed by atoms with Crippen LogP contribution in [0, 0.1) is 11.8 Å². The Hall–Kier alpha value is -1.71. The highest BCUT2D eigenvalue weighted by molar-refractivity contribution is 5.70. The van der Waals surface area contributed by atoms with Gasteiger partial charge in [-0.05, 0) is 18.1 Å². The molecule has 1 aromatic carbocycles. The van der Waals surface area contributed by atoms with E-state index in [1.165, 1.54) is 0 Å². The van der Waals surface area contributed by atoms with E-state index in [4.69, 9.17) is 15.6 Å². The Morgan fingerprint density at radius 1 is 1.62 bits per heavy atom. The summed E-state index contributed by atoms with van der Waals surface area (Å²) in [6.07, 6.45) is 0.739. The van der Waals surface area contributed by atoms with Gasteiger partial charge in [-0.2, -0.15) is 0 Å². The third-order valence-electron chi connectivity index (χ3n) is 3.12. The first-order chi connectivity index (χ1) is 7.58. The summed E-state index contributed by atoms with van der Waals surface area (Å²) < 4.78 is 5.54. The number of aliphatic carboxylic acids is 1. The molecule has 1 aliphatic rings. The molecule has 2 rings (SSSR count). The lowest BCUT2D eigenvalue weighted by Crippen LogP contribution is -2.30. The number of carboxylic acid groups (broad SMARTS) is 1. The van der Waals surface area contributed by atoms with Crippen molar-refractivity contribution in [3.63, 3.8) is 0 Å². The number of hydrogen-bond donors (Lipinski definition) is 2. The van der Waals surface area contributed by atoms with Gasteiger partial charge in [0.25, 0.3) is 0 Å². The van der Waals surface area contributed by atoms with Crippen LogP contribution in [0.1, 0.15) is 12.5 Å². The van der Waals surface area contributed by atoms with Gasteiger partial charge in [0.2, 0.25) is 0 Å². The molecule has 0 saturated carbocycles. The third-order valence-corrected chi connectivity index (χ3v) is 3.12. The fourth-order valence-electron chi connectivity index (χ4n) is 1.94. The second kappa shape index (κ2) is 4.04. The molecule has 0 fully saturated rings. The highest BCUT2D eigenvalue weighted by Gasteiger charge is 2.28. The first kappa shape index (κ1) is 10.8. The van der Waals surface area contributed by atoms with Gasteiger partial charge >= 0.3 is 5.97 Å². The molecule has 1 heterocycles. The minimum atomic E-state index is -0.771. The van der Waals surface area contributed by atoms with Gasteiger partial charge in [0.1, 0.15) is 5.75 Å². The SMILES string of the molecule is CC(C(=O)O)C1COc2cc(N)ccc2C1. The largest absolute Gasteiger partial charge is 0.493 e. The number of rotatable bonds is 2. The van der Waals surface area contributed by atoms with Crippen LogP contribution in [0.5, 0.6) is 5.75 Å². The van der Waals surface area contributed by atoms with Crippen molar-refractivity contribution < 1.29 is 14.6 Å². The molecule has 0 aromatic heterocycles. The van der Waals surface area contributed by atoms with Crippen molar-refractivity contribution in [3.05, 3.63) is 23.8 Å². The monoisotopic (exact) mass is 221 g/mol. The summed E-state index contributed by atoms with van der Waals surface area (Å²) in [6, 6.07) is 5.51. The molecule has 16 heavy (non-hydrogen) atoms. The maximum atomic E-state index is 10.9. The van der Waals surface area contributed by atoms with E-state index in [1.54, 1.807) is 13.0 Å². The van der Waals surface area contributed by atoms with E-state index in [9.17, 15) is 4.79 Å². The van der Waals surface area contributed by atoms with Crippen molar-refractivity contribution in [3.8, 4) is 5.75 Å². The van der Waals surface area contributed by atoms with Crippen molar-refractivity contribution in [2.45, 2.75) is 13.3 Å². The van der Waals surface area contributed by atoms with Gasteiger partial charge in [0.15, 0.2) is 0 Å². The number of anilines is 1. The van der Waals surface area contributed by atoms with Crippen molar-refractivity contribution in [2.24, 2.45) is 11.8 Å². The Morgan fingerprint density at radius 2 is 2.38 bits per heavy atom. The maximum absolute atomic E-state index is 10.9. The van der Waals surface area contributed by atoms with Gasteiger partial charge in [-0.3, -0.25) is 4.79 Å². The van der Waals surface area contributed by atoms with Crippen LogP contribution in [-0.2, 0) is 11.2 Å². The first-order valence-corrected chi connectivity index (χ1v) is 5.32. The van der Waals surface area contributed by atoms with Gasteiger partial charge in [-0.15, -0.1) is 0 Å². The average molecular weight is 221 g/mol. The predicted octanol–water partition coefficient (Wildman–Crippen LogP) is 1.54. The number of nitrogen functional groups attached to an aromatic ring is 1. The Bertz CT molecular complexity index is 417. The molecule has 2 unspecified atom stereocenters. The standard InChI is InChI=1S/C12H15NO3/c1-7(12(14)15)9-4-8-2-3-10(13)5-11(8)16-6-9/h2-3,5,7,9H,4,6,13H2,1H3,(H,14,15). The molecule has 0 amide bonds. The number of hydrogen-bond acceptors (Lipinski definition) is 3. The minimum absolute atomic E-state index is 0.0358. The molecule has 1 aromatic rings. The highest BCUT2D eigenvalue weighted by Crippen LogP contribution is 2.32. The summed E-state index contributed by atoms with van der Waals surface area (Å²) in [5.74, 6) is -0.333. The number of nitrogens with two attached hydrogens (primary N) is 1. The Kier molecular flexibility index (Phi) is 2.73. The molecule has 0 bridgehead atoms. The first-order valence-electron chi connectivity index (χ1n) is 5.32. The second-order valence-electron chi connectivity index (χ2n) is 4.27. The van der Waals surface area contributed by atoms with E-state index < -0.39 is 5.97 Å². The van der Waals surface area contributed by atoms with E-state index in [0.717, 1.165) is 17.7 Å². The van der Waals surface area contributed by atoms with E-state index >= 15 is 0 Å². The number of ether oxygens (including phenoxy) is 1. The molecule has 4 nitrogen and oxygen atoms in total. The van der Waals surface area contributed by atoms with Gasteiger partial charge < -0.3 is 15.6 Å². The zero-order chi connectivity index (χ0) is 11.7. The lowest BCUT2D eigenvalue weighted by atomic mass is 9.87. The highest BCUT2D eigenvalue weighted by atomic mass is 16.5. The molecule has 4 heteroatoms. The van der Waals surface area contributed by atoms with Crippen molar-refractivity contribution >= 4 is 11.7 Å². The van der Waals surface area contributed by atoms with E-state index in [1.807, 2.05) is 12.1 Å². The van der Waals surface area contributed by atoms with Gasteiger partial charge in [-0.1, -0.05) is 13.0 Å². The van der Waals surface area contributed by atoms with Crippen LogP contribution in [0.25, 0.3) is 0 Å². The Morgan fingerprint density at radius 3 is 3.06 bits per heavy atom. The van der Waals surface area contributed by atoms with Crippen LogP contribution in [0.4, 0.5) is 5.69 Å². The summed E-state index contributed by atoms with van der Waals surface area (Å²) in [6.45, 7) is 2.17. The summed E-state index contributed by atoms with van der Waals surface area (Å²) in [4.78, 5) is 10.9. The molecular formula is C12H15NO3. The summed E-state index contributed by atoms with van der Waals surface area (Å²) >= 11 is 0. The van der Waals surface area contributed by atoms with Crippen LogP contribution in [0.3, 0.4) is 0 Å². The van der Waals surface area contributed by atoms with Crippen molar-refractivity contribution in [1.29, 1.82) is 0 Å². The summed E-state index contributed by atoms with van der Waals surface area (Å²) in [5, 5.41) is 8.95. The van der Waals surface area contributed by atoms with Crippen LogP contribution in [0.2, 0.25) is 0 Å². The fraction of sp³-hybridized carbons (Fsp3) is 0.417. The topological polar surface area (TPSA) is 72.5 Å². The quantitative estimate of drug-likeness (QED) is 0.743. The summed E-state index contributed by atoms with van der Waals surface area (Å²) in [5.41, 5.74) is 7.36. The molecule has 2 atom stereocenters. The number of carbonyl (C=O) groups is 1. The van der Waals surface area contributed by atoms with Gasteiger partial charge in [0, 0.05) is 17.7 Å². The molecular weight excluding hydrogens is 206 g/mol. The fourth-order valence-corrected chi connectivity index (χ4v) is 1.94. The summed E-state index contributed by atoms with van der Waals surface area (Å²) in [7, 11) is 0. The van der Waals surface area contributed by atoms with E-state index in [2.05, 4.69) is 0 Å². The molecule has 0 aliphatic carbocycles. The molecule has 3 N–H and O–H groups in total. The third kappa shape index (κ3) is 1.96. The number of fused-ring (bicyclic) bond motifs is 1. The van der Waals surface area contributed by atoms with Crippen LogP contribution in [0.15, 0.2) is 18.2 Å². The lowest BCUT2D eigenvalue weighted by molar-refractivity contribution is -0.143. The predicted molar refractivity (Wildman–Crippen MR) is 60.3 cm³/mol. The smallest absolute Gasteiger partial charge is 0.306 e.